The summed E-state index contributed by atoms with van der Waals surface area (Å²) in [6.07, 6.45) is 16.4. The van der Waals surface area contributed by atoms with Gasteiger partial charge in [-0.15, -0.1) is 12.6 Å². The Morgan fingerprint density at radius 1 is 0.434 bits per heavy atom. The fraction of sp³-hybridized carbons (Fsp3) is 0.690. The molecule has 0 radical (unpaired) electrons. The van der Waals surface area contributed by atoms with Gasteiger partial charge in [0.15, 0.2) is 23.4 Å². The largest absolute Gasteiger partial charge is 0.504 e. The number of carbonyl (C=O) groups is 1. The maximum Gasteiger partial charge on any atom is 0.425 e. The number of Topliss-reactive ketones (excluding diaryl/α,β-unsaturated/α-hetero) is 1. The number of likely N-dealkylation sites (tertiary alicyclic amines) is 4. The summed E-state index contributed by atoms with van der Waals surface area (Å²) in [6.45, 7) is 22.7. The molecule has 24 rings (SSSR count). The summed E-state index contributed by atoms with van der Waals surface area (Å²) in [5, 5.41) is 91.1. The highest BCUT2D eigenvalue weighted by atomic mass is 32.2. The van der Waals surface area contributed by atoms with Crippen molar-refractivity contribution in [3.8, 4) is 28.7 Å². The molecule has 8 bridgehead atoms. The molecule has 8 saturated carbocycles. The normalized spacial score (nSPS) is 40.2. The zero-order valence-electron chi connectivity index (χ0n) is 63.8. The number of ether oxygens (including phenoxy) is 4. The quantitative estimate of drug-likeness (QED) is 0.0763. The highest BCUT2D eigenvalue weighted by Crippen LogP contribution is 2.71. The summed E-state index contributed by atoms with van der Waals surface area (Å²) in [7, 11) is -3.11. The maximum atomic E-state index is 13.7. The van der Waals surface area contributed by atoms with Crippen molar-refractivity contribution in [3.05, 3.63) is 121 Å². The third kappa shape index (κ3) is 10.3. The molecule has 8 heterocycles. The number of benzene rings is 4. The monoisotopic (exact) mass is 1580 g/mol. The van der Waals surface area contributed by atoms with Gasteiger partial charge in [-0.1, -0.05) is 62.1 Å². The van der Waals surface area contributed by atoms with E-state index in [4.69, 9.17) is 44.7 Å². The van der Waals surface area contributed by atoms with E-state index in [1.807, 2.05) is 24.3 Å². The summed E-state index contributed by atoms with van der Waals surface area (Å²) in [5.41, 5.74) is 1.54. The van der Waals surface area contributed by atoms with Crippen LogP contribution < -0.4 is 18.9 Å². The van der Waals surface area contributed by atoms with Crippen LogP contribution in [-0.2, 0) is 68.9 Å². The zero-order chi connectivity index (χ0) is 78.2. The molecule has 4 aromatic rings. The summed E-state index contributed by atoms with van der Waals surface area (Å²) < 4.78 is 91.0. The van der Waals surface area contributed by atoms with Crippen LogP contribution in [0.5, 0.6) is 28.7 Å². The molecule has 19 atom stereocenters. The lowest BCUT2D eigenvalue weighted by Crippen LogP contribution is -2.77. The van der Waals surface area contributed by atoms with Crippen molar-refractivity contribution >= 4 is 27.8 Å². The topological polar surface area (TPSA) is 289 Å². The van der Waals surface area contributed by atoms with Gasteiger partial charge in [-0.3, -0.25) is 24.4 Å². The molecule has 12 fully saturated rings. The molecule has 12 aliphatic carbocycles. The summed E-state index contributed by atoms with van der Waals surface area (Å²) in [5.74, 6) is 4.76. The van der Waals surface area contributed by atoms with Gasteiger partial charge in [-0.2, -0.15) is 13.2 Å². The molecule has 4 unspecified atom stereocenters. The first kappa shape index (κ1) is 75.3. The van der Waals surface area contributed by atoms with Crippen molar-refractivity contribution in [2.45, 2.75) is 297 Å². The van der Waals surface area contributed by atoms with Crippen LogP contribution in [0.4, 0.5) is 24.5 Å². The molecule has 22 nitrogen and oxygen atoms in total. The standard InChI is InChI=1S/C22H26F3NO3.C22H26N2O3.C22H24N2O3.C21H27NO4.O3S/c23-22(24,25)14-5-4-13-10-16-21(28)7-6-15(27)19-20(21,17(13)18(14)29-19)8-9-26(16)11-12-2-1-3-12;2*1-23-15-6-5-14-11-17-22(26)8-7-16(25)20-21(22,18(14)19(15)27-20)9-10-24(17)12-13-3-2-4-13;23-14-5-4-13-10-16-21(25)7-6-15(24)19-20(21,17(13)18(14)26-19)8-9-22(16)11-12-2-1-3-12;1-4(2)3/h4-5,12,15-16,19,27-28H,1-3,6-11H2;5-6,13,16-17,20,25-26H,2-4,7-12H2;5-6,13,17,20,26H,2-4,7-12H2;4-5,12,15-16,19,23-25H,1-3,6-11H2;/t15-,16+,19?,20-,21+;16-,17+,20?,21-,22+;17-,20?,21+,22-;15-,16+,19?,20-,21+;/m0010./s1. The lowest BCUT2D eigenvalue weighted by atomic mass is 9.48. The first-order valence-corrected chi connectivity index (χ1v) is 43.2. The lowest BCUT2D eigenvalue weighted by molar-refractivity contribution is -0.210. The second kappa shape index (κ2) is 26.5. The Labute approximate surface area is 657 Å². The molecule has 26 heteroatoms. The van der Waals surface area contributed by atoms with Crippen LogP contribution in [0.1, 0.15) is 204 Å². The van der Waals surface area contributed by atoms with Gasteiger partial charge in [0.2, 0.25) is 11.4 Å². The average Bonchev–Trinajstić information content (AvgIpc) is 1.59. The molecular weight excluding hydrogens is 1470 g/mol. The van der Waals surface area contributed by atoms with Crippen LogP contribution in [-0.4, -0.2) is 221 Å². The maximum absolute atomic E-state index is 13.7. The number of phenolic OH excluding ortho intramolecular Hbond substituents is 1. The van der Waals surface area contributed by atoms with E-state index in [1.54, 1.807) is 12.1 Å². The number of aliphatic hydroxyl groups is 7. The van der Waals surface area contributed by atoms with E-state index in [1.165, 1.54) is 93.7 Å². The van der Waals surface area contributed by atoms with Gasteiger partial charge >= 0.3 is 16.8 Å². The highest BCUT2D eigenvalue weighted by Gasteiger charge is 2.78. The predicted octanol–water partition coefficient (Wildman–Crippen LogP) is 9.04. The molecule has 0 aromatic heterocycles. The lowest BCUT2D eigenvalue weighted by Gasteiger charge is -2.64. The predicted molar refractivity (Wildman–Crippen MR) is 403 cm³/mol. The van der Waals surface area contributed by atoms with Crippen molar-refractivity contribution in [3.63, 3.8) is 0 Å². The first-order chi connectivity index (χ1) is 54.2. The second-order valence-electron chi connectivity index (χ2n) is 37.8. The molecule has 0 amide bonds. The molecule has 113 heavy (non-hydrogen) atoms. The van der Waals surface area contributed by atoms with E-state index in [9.17, 15) is 58.8 Å². The molecule has 4 saturated heterocycles. The van der Waals surface area contributed by atoms with Crippen LogP contribution >= 0.6 is 0 Å². The number of phenols is 1. The van der Waals surface area contributed by atoms with Gasteiger partial charge < -0.3 is 59.8 Å². The molecule has 4 aromatic carbocycles. The summed E-state index contributed by atoms with van der Waals surface area (Å²) in [4.78, 5) is 30.1. The van der Waals surface area contributed by atoms with E-state index in [0.29, 0.717) is 104 Å². The van der Waals surface area contributed by atoms with Crippen LogP contribution in [0.2, 0.25) is 0 Å². The van der Waals surface area contributed by atoms with Crippen molar-refractivity contribution in [2.75, 3.05) is 52.4 Å². The fourth-order valence-corrected chi connectivity index (χ4v) is 27.5. The number of piperidine rings is 4. The molecule has 8 aliphatic heterocycles. The number of hydrogen-bond acceptors (Lipinski definition) is 20. The van der Waals surface area contributed by atoms with Gasteiger partial charge in [-0.25, -0.2) is 9.69 Å². The number of alkyl halides is 3. The molecule has 4 spiro atoms. The number of aromatic hydroxyl groups is 1. The van der Waals surface area contributed by atoms with Crippen molar-refractivity contribution < 1.29 is 90.4 Å². The number of ketones is 1. The molecule has 604 valence electrons. The Balaban J connectivity index is 0.0000000963. The first-order valence-electron chi connectivity index (χ1n) is 42.2. The van der Waals surface area contributed by atoms with Gasteiger partial charge in [0, 0.05) is 67.9 Å². The second-order valence-corrected chi connectivity index (χ2v) is 38.2. The Morgan fingerprint density at radius 2 is 0.752 bits per heavy atom. The van der Waals surface area contributed by atoms with E-state index in [0.717, 1.165) is 137 Å². The van der Waals surface area contributed by atoms with Crippen LogP contribution in [0.25, 0.3) is 9.69 Å². The van der Waals surface area contributed by atoms with E-state index >= 15 is 0 Å². The van der Waals surface area contributed by atoms with Crippen molar-refractivity contribution in [2.24, 2.45) is 23.7 Å². The number of rotatable bonds is 8. The molecule has 8 N–H and O–H groups in total. The Kier molecular flexibility index (Phi) is 17.7. The number of nitrogens with zero attached hydrogens (tertiary/aromatic N) is 6. The van der Waals surface area contributed by atoms with E-state index < -0.39 is 109 Å². The van der Waals surface area contributed by atoms with Crippen LogP contribution in [0.15, 0.2) is 48.5 Å². The van der Waals surface area contributed by atoms with Gasteiger partial charge in [0.05, 0.1) is 81.1 Å². The molecular formula is C87H103F3N6O16S. The minimum atomic E-state index is -4.53. The number of hydrogen-bond donors (Lipinski definition) is 8. The number of carbonyl (C=O) groups excluding carboxylic acids is 1. The zero-order valence-corrected chi connectivity index (χ0v) is 64.6. The van der Waals surface area contributed by atoms with Crippen molar-refractivity contribution in [1.29, 1.82) is 0 Å². The highest BCUT2D eigenvalue weighted by molar-refractivity contribution is 7.59. The Bertz CT molecular complexity index is 4790. The molecule has 20 aliphatic rings. The minimum absolute atomic E-state index is 0.0447. The third-order valence-corrected chi connectivity index (χ3v) is 33.4. The van der Waals surface area contributed by atoms with E-state index in [-0.39, 0.29) is 41.4 Å². The van der Waals surface area contributed by atoms with Crippen LogP contribution in [0, 0.1) is 36.8 Å². The fourth-order valence-electron chi connectivity index (χ4n) is 27.5. The van der Waals surface area contributed by atoms with Crippen molar-refractivity contribution in [1.82, 2.24) is 19.6 Å². The third-order valence-electron chi connectivity index (χ3n) is 33.4. The average molecular weight is 1580 g/mol. The van der Waals surface area contributed by atoms with Gasteiger partial charge in [0.25, 0.3) is 0 Å². The van der Waals surface area contributed by atoms with Crippen LogP contribution in [0.3, 0.4) is 0 Å². The number of aliphatic hydroxyl groups excluding tert-OH is 3. The Hall–Kier alpha value is -6.50. The Morgan fingerprint density at radius 3 is 1.12 bits per heavy atom. The minimum Gasteiger partial charge on any atom is -0.504 e. The summed E-state index contributed by atoms with van der Waals surface area (Å²) >= 11 is 0. The van der Waals surface area contributed by atoms with Gasteiger partial charge in [-0.05, 0) is 243 Å². The SMILES string of the molecule is O=S(=O)=O.O[C@H]1CC[C@@]2(O)[C@H]3Cc4ccc(C(F)(F)F)c5c4[C@@]2(CCN3CC2CCC2)C1O5.Oc1ccc2c3c1OC1[C@@H](O)CC[C@@]4(O)[C@@H](C2)N(CC2CCC2)CC[C@]314.[C-]#[N+]c1ccc2c3c1OC1C(=O)CC[C@@]4(O)[C@@H](C2)N(CC2CCC2)CC[C@]314.[C-]#[N+]c1ccc2c3c1OC1[C@@H](O)CC[C@@]4(O)[C@@H](C2)N(CC2CCC2)CC[C@]314. The van der Waals surface area contributed by atoms with E-state index in [2.05, 4.69) is 35.4 Å². The number of halogens is 3. The summed E-state index contributed by atoms with van der Waals surface area (Å²) in [6, 6.07) is 14.3. The smallest absolute Gasteiger partial charge is 0.425 e. The van der Waals surface area contributed by atoms with Gasteiger partial charge in [0.1, 0.15) is 35.6 Å².